The first kappa shape index (κ1) is 17.8. The SMILES string of the molecule is C=C(C)C(=O)NCCC[N+](C)(C)C(C)C.[Cl-]. The Morgan fingerprint density at radius 3 is 2.25 bits per heavy atom. The van der Waals surface area contributed by atoms with Crippen LogP contribution in [0.2, 0.25) is 0 Å². The summed E-state index contributed by atoms with van der Waals surface area (Å²) < 4.78 is 0.989. The zero-order valence-corrected chi connectivity index (χ0v) is 11.9. The first-order chi connectivity index (χ1) is 6.77. The molecule has 0 saturated carbocycles. The highest BCUT2D eigenvalue weighted by atomic mass is 35.5. The monoisotopic (exact) mass is 248 g/mol. The molecule has 0 saturated heterocycles. The summed E-state index contributed by atoms with van der Waals surface area (Å²) >= 11 is 0. The van der Waals surface area contributed by atoms with Gasteiger partial charge in [-0.1, -0.05) is 6.58 Å². The van der Waals surface area contributed by atoms with Gasteiger partial charge in [-0.25, -0.2) is 0 Å². The maximum absolute atomic E-state index is 11.2. The van der Waals surface area contributed by atoms with E-state index >= 15 is 0 Å². The van der Waals surface area contributed by atoms with E-state index in [-0.39, 0.29) is 18.3 Å². The summed E-state index contributed by atoms with van der Waals surface area (Å²) in [6.07, 6.45) is 1.00. The van der Waals surface area contributed by atoms with Crippen LogP contribution in [0.1, 0.15) is 27.2 Å². The highest BCUT2D eigenvalue weighted by Crippen LogP contribution is 2.05. The minimum atomic E-state index is -0.0372. The zero-order chi connectivity index (χ0) is 12.1. The van der Waals surface area contributed by atoms with Crippen molar-refractivity contribution in [3.8, 4) is 0 Å². The fourth-order valence-electron chi connectivity index (χ4n) is 1.10. The van der Waals surface area contributed by atoms with E-state index in [2.05, 4.69) is 39.8 Å². The maximum atomic E-state index is 11.2. The predicted octanol–water partition coefficient (Wildman–Crippen LogP) is -1.44. The molecule has 0 fully saturated rings. The average molecular weight is 249 g/mol. The summed E-state index contributed by atoms with van der Waals surface area (Å²) in [5.74, 6) is -0.0372. The number of amides is 1. The Morgan fingerprint density at radius 1 is 1.38 bits per heavy atom. The van der Waals surface area contributed by atoms with Crippen molar-refractivity contribution in [2.45, 2.75) is 33.2 Å². The van der Waals surface area contributed by atoms with Crippen LogP contribution in [-0.4, -0.2) is 43.6 Å². The molecule has 4 heteroatoms. The molecule has 0 atom stereocenters. The van der Waals surface area contributed by atoms with E-state index in [1.165, 1.54) is 0 Å². The molecule has 3 nitrogen and oxygen atoms in total. The van der Waals surface area contributed by atoms with Gasteiger partial charge in [-0.05, 0) is 20.8 Å². The molecule has 96 valence electrons. The Hall–Kier alpha value is -0.540. The summed E-state index contributed by atoms with van der Waals surface area (Å²) in [6, 6.07) is 0.613. The number of rotatable bonds is 6. The number of hydrogen-bond acceptors (Lipinski definition) is 1. The van der Waals surface area contributed by atoms with Gasteiger partial charge in [0.2, 0.25) is 5.91 Å². The van der Waals surface area contributed by atoms with Gasteiger partial charge in [0.1, 0.15) is 0 Å². The molecule has 0 bridgehead atoms. The second-order valence-corrected chi connectivity index (χ2v) is 4.99. The molecule has 0 aliphatic rings. The van der Waals surface area contributed by atoms with Gasteiger partial charge in [-0.3, -0.25) is 4.79 Å². The Morgan fingerprint density at radius 2 is 1.88 bits per heavy atom. The van der Waals surface area contributed by atoms with Crippen molar-refractivity contribution in [1.29, 1.82) is 0 Å². The summed E-state index contributed by atoms with van der Waals surface area (Å²) in [6.45, 7) is 11.6. The smallest absolute Gasteiger partial charge is 0.246 e. The largest absolute Gasteiger partial charge is 1.00 e. The highest BCUT2D eigenvalue weighted by Gasteiger charge is 2.18. The topological polar surface area (TPSA) is 29.1 Å². The number of quaternary nitrogens is 1. The number of hydrogen-bond donors (Lipinski definition) is 1. The van der Waals surface area contributed by atoms with Crippen LogP contribution in [-0.2, 0) is 4.79 Å². The molecular formula is C12H25ClN2O. The van der Waals surface area contributed by atoms with Gasteiger partial charge in [-0.2, -0.15) is 0 Å². The lowest BCUT2D eigenvalue weighted by molar-refractivity contribution is -0.911. The minimum absolute atomic E-state index is 0. The van der Waals surface area contributed by atoms with E-state index in [4.69, 9.17) is 0 Å². The van der Waals surface area contributed by atoms with Gasteiger partial charge in [0.25, 0.3) is 0 Å². The summed E-state index contributed by atoms with van der Waals surface area (Å²) in [5, 5.41) is 2.85. The fourth-order valence-corrected chi connectivity index (χ4v) is 1.10. The minimum Gasteiger partial charge on any atom is -1.00 e. The first-order valence-corrected chi connectivity index (χ1v) is 5.53. The second-order valence-electron chi connectivity index (χ2n) is 4.99. The van der Waals surface area contributed by atoms with Gasteiger partial charge < -0.3 is 22.2 Å². The van der Waals surface area contributed by atoms with Crippen LogP contribution in [0.25, 0.3) is 0 Å². The van der Waals surface area contributed by atoms with Crippen molar-refractivity contribution in [3.63, 3.8) is 0 Å². The quantitative estimate of drug-likeness (QED) is 0.348. The molecule has 0 spiro atoms. The van der Waals surface area contributed by atoms with E-state index in [1.807, 2.05) is 0 Å². The van der Waals surface area contributed by atoms with Gasteiger partial charge in [0, 0.05) is 18.5 Å². The molecule has 0 aromatic rings. The molecule has 0 unspecified atom stereocenters. The Bertz CT molecular complexity index is 237. The van der Waals surface area contributed by atoms with Crippen LogP contribution in [0.3, 0.4) is 0 Å². The van der Waals surface area contributed by atoms with E-state index in [1.54, 1.807) is 6.92 Å². The Kier molecular flexibility index (Phi) is 8.57. The van der Waals surface area contributed by atoms with Crippen LogP contribution in [0, 0.1) is 0 Å². The number of carbonyl (C=O) groups is 1. The predicted molar refractivity (Wildman–Crippen MR) is 64.6 cm³/mol. The third-order valence-electron chi connectivity index (χ3n) is 2.98. The average Bonchev–Trinajstić information content (AvgIpc) is 2.11. The van der Waals surface area contributed by atoms with E-state index in [0.29, 0.717) is 11.6 Å². The number of nitrogens with zero attached hydrogens (tertiary/aromatic N) is 1. The lowest BCUT2D eigenvalue weighted by Gasteiger charge is -2.34. The van der Waals surface area contributed by atoms with Crippen LogP contribution in [0.5, 0.6) is 0 Å². The maximum Gasteiger partial charge on any atom is 0.246 e. The standard InChI is InChI=1S/C12H24N2O.ClH/c1-10(2)12(15)13-8-7-9-14(5,6)11(3)4;/h11H,1,7-9H2,2-6H3;1H. The molecular weight excluding hydrogens is 224 g/mol. The van der Waals surface area contributed by atoms with Crippen molar-refractivity contribution >= 4 is 5.91 Å². The molecule has 0 rings (SSSR count). The molecule has 1 N–H and O–H groups in total. The zero-order valence-electron chi connectivity index (χ0n) is 11.1. The van der Waals surface area contributed by atoms with Crippen LogP contribution >= 0.6 is 0 Å². The number of carbonyl (C=O) groups excluding carboxylic acids is 1. The fraction of sp³-hybridized carbons (Fsp3) is 0.750. The summed E-state index contributed by atoms with van der Waals surface area (Å²) in [4.78, 5) is 11.2. The van der Waals surface area contributed by atoms with E-state index in [0.717, 1.165) is 24.0 Å². The normalized spacial score (nSPS) is 10.9. The van der Waals surface area contributed by atoms with Crippen molar-refractivity contribution < 1.29 is 21.7 Å². The Labute approximate surface area is 106 Å². The van der Waals surface area contributed by atoms with Gasteiger partial charge in [-0.15, -0.1) is 0 Å². The number of nitrogens with one attached hydrogen (secondary N) is 1. The van der Waals surface area contributed by atoms with Crippen LogP contribution < -0.4 is 17.7 Å². The van der Waals surface area contributed by atoms with Gasteiger partial charge in [0.05, 0.1) is 26.7 Å². The van der Waals surface area contributed by atoms with Crippen molar-refractivity contribution in [2.24, 2.45) is 0 Å². The molecule has 0 aliphatic carbocycles. The number of halogens is 1. The van der Waals surface area contributed by atoms with Crippen LogP contribution in [0.4, 0.5) is 0 Å². The molecule has 1 amide bonds. The summed E-state index contributed by atoms with van der Waals surface area (Å²) in [7, 11) is 4.43. The van der Waals surface area contributed by atoms with Crippen LogP contribution in [0.15, 0.2) is 12.2 Å². The van der Waals surface area contributed by atoms with Crippen molar-refractivity contribution in [1.82, 2.24) is 5.32 Å². The highest BCUT2D eigenvalue weighted by molar-refractivity contribution is 5.91. The summed E-state index contributed by atoms with van der Waals surface area (Å²) in [5.41, 5.74) is 0.576. The molecule has 0 aromatic heterocycles. The molecule has 0 heterocycles. The molecule has 0 aliphatic heterocycles. The first-order valence-electron chi connectivity index (χ1n) is 5.53. The molecule has 0 aromatic carbocycles. The van der Waals surface area contributed by atoms with E-state index < -0.39 is 0 Å². The molecule has 16 heavy (non-hydrogen) atoms. The van der Waals surface area contributed by atoms with Gasteiger partial charge >= 0.3 is 0 Å². The lowest BCUT2D eigenvalue weighted by atomic mass is 10.2. The second kappa shape index (κ2) is 7.69. The molecule has 0 radical (unpaired) electrons. The third-order valence-corrected chi connectivity index (χ3v) is 2.98. The van der Waals surface area contributed by atoms with Crippen molar-refractivity contribution in [2.75, 3.05) is 27.2 Å². The van der Waals surface area contributed by atoms with E-state index in [9.17, 15) is 4.79 Å². The third kappa shape index (κ3) is 6.85. The Balaban J connectivity index is 0. The van der Waals surface area contributed by atoms with Crippen molar-refractivity contribution in [3.05, 3.63) is 12.2 Å². The van der Waals surface area contributed by atoms with Gasteiger partial charge in [0.15, 0.2) is 0 Å². The lowest BCUT2D eigenvalue weighted by Crippen LogP contribution is -3.00.